The molecule has 3 rings (SSSR count). The molecular formula is C18H21FN4O4. The summed E-state index contributed by atoms with van der Waals surface area (Å²) < 4.78 is 24.8. The maximum Gasteiger partial charge on any atom is 0.409 e. The van der Waals surface area contributed by atoms with E-state index in [1.54, 1.807) is 35.1 Å². The molecule has 1 aliphatic heterocycles. The molecule has 0 saturated carbocycles. The van der Waals surface area contributed by atoms with Crippen LogP contribution in [-0.2, 0) is 4.74 Å². The first kappa shape index (κ1) is 18.7. The Balaban J connectivity index is 1.73. The van der Waals surface area contributed by atoms with Gasteiger partial charge in [-0.15, -0.1) is 0 Å². The number of nitrogens with zero attached hydrogens (tertiary/aromatic N) is 4. The van der Waals surface area contributed by atoms with Crippen LogP contribution in [-0.4, -0.2) is 71.5 Å². The quantitative estimate of drug-likeness (QED) is 0.815. The Morgan fingerprint density at radius 3 is 2.33 bits per heavy atom. The van der Waals surface area contributed by atoms with Crippen LogP contribution >= 0.6 is 0 Å². The Morgan fingerprint density at radius 1 is 1.11 bits per heavy atom. The lowest BCUT2D eigenvalue weighted by molar-refractivity contribution is 0.0563. The maximum atomic E-state index is 13.1. The van der Waals surface area contributed by atoms with E-state index in [2.05, 4.69) is 5.10 Å². The summed E-state index contributed by atoms with van der Waals surface area (Å²) in [7, 11) is 1.46. The molecule has 2 heterocycles. The third-order valence-electron chi connectivity index (χ3n) is 4.29. The molecule has 0 atom stereocenters. The molecule has 144 valence electrons. The third-order valence-corrected chi connectivity index (χ3v) is 4.29. The molecule has 8 nitrogen and oxygen atoms in total. The van der Waals surface area contributed by atoms with E-state index in [4.69, 9.17) is 9.47 Å². The second kappa shape index (κ2) is 8.07. The van der Waals surface area contributed by atoms with Gasteiger partial charge in [0.25, 0.3) is 5.91 Å². The first-order valence-corrected chi connectivity index (χ1v) is 8.64. The second-order valence-corrected chi connectivity index (χ2v) is 5.95. The molecule has 0 N–H and O–H groups in total. The molecule has 0 unspecified atom stereocenters. The number of benzene rings is 1. The van der Waals surface area contributed by atoms with Crippen LogP contribution in [0.4, 0.5) is 9.18 Å². The summed E-state index contributed by atoms with van der Waals surface area (Å²) in [6, 6.07) is 5.77. The lowest BCUT2D eigenvalue weighted by Gasteiger charge is -2.33. The predicted molar refractivity (Wildman–Crippen MR) is 94.6 cm³/mol. The topological polar surface area (TPSA) is 76.9 Å². The average molecular weight is 376 g/mol. The molecule has 0 bridgehead atoms. The third kappa shape index (κ3) is 4.02. The number of aromatic nitrogens is 2. The first-order valence-electron chi connectivity index (χ1n) is 8.64. The number of ether oxygens (including phenoxy) is 2. The van der Waals surface area contributed by atoms with Gasteiger partial charge in [0.1, 0.15) is 5.82 Å². The van der Waals surface area contributed by atoms with Crippen molar-refractivity contribution in [3.63, 3.8) is 0 Å². The van der Waals surface area contributed by atoms with E-state index in [1.807, 2.05) is 0 Å². The first-order chi connectivity index (χ1) is 13.0. The number of methoxy groups -OCH3 is 1. The fraction of sp³-hybridized carbons (Fsp3) is 0.389. The van der Waals surface area contributed by atoms with Crippen molar-refractivity contribution >= 4 is 12.0 Å². The highest BCUT2D eigenvalue weighted by Crippen LogP contribution is 2.22. The minimum Gasteiger partial charge on any atom is -0.493 e. The Bertz CT molecular complexity index is 813. The molecule has 9 heteroatoms. The van der Waals surface area contributed by atoms with Crippen LogP contribution in [0.3, 0.4) is 0 Å². The van der Waals surface area contributed by atoms with Crippen molar-refractivity contribution < 1.29 is 23.5 Å². The fourth-order valence-corrected chi connectivity index (χ4v) is 2.84. The molecule has 1 aromatic heterocycles. The average Bonchev–Trinajstić information content (AvgIpc) is 3.12. The zero-order valence-electron chi connectivity index (χ0n) is 15.2. The second-order valence-electron chi connectivity index (χ2n) is 5.95. The summed E-state index contributed by atoms with van der Waals surface area (Å²) in [5, 5.41) is 4.31. The van der Waals surface area contributed by atoms with Crippen molar-refractivity contribution in [3.8, 4) is 11.4 Å². The molecule has 1 saturated heterocycles. The highest BCUT2D eigenvalue weighted by Gasteiger charge is 2.29. The van der Waals surface area contributed by atoms with Gasteiger partial charge in [0, 0.05) is 26.2 Å². The van der Waals surface area contributed by atoms with Gasteiger partial charge < -0.3 is 19.3 Å². The molecule has 1 aromatic carbocycles. The number of carbonyl (C=O) groups excluding carboxylic acids is 2. The molecule has 0 aliphatic carbocycles. The molecule has 1 fully saturated rings. The zero-order valence-corrected chi connectivity index (χ0v) is 15.2. The van der Waals surface area contributed by atoms with Gasteiger partial charge in [-0.05, 0) is 31.2 Å². The minimum atomic E-state index is -0.372. The molecule has 1 aliphatic rings. The van der Waals surface area contributed by atoms with Crippen LogP contribution in [0.1, 0.15) is 17.4 Å². The molecule has 27 heavy (non-hydrogen) atoms. The van der Waals surface area contributed by atoms with Gasteiger partial charge in [-0.3, -0.25) is 4.79 Å². The zero-order chi connectivity index (χ0) is 19.4. The molecular weight excluding hydrogens is 355 g/mol. The van der Waals surface area contributed by atoms with Crippen LogP contribution in [0, 0.1) is 5.82 Å². The summed E-state index contributed by atoms with van der Waals surface area (Å²) in [4.78, 5) is 27.8. The van der Waals surface area contributed by atoms with Crippen molar-refractivity contribution in [2.24, 2.45) is 0 Å². The number of carbonyl (C=O) groups is 2. The van der Waals surface area contributed by atoms with Gasteiger partial charge in [-0.1, -0.05) is 0 Å². The van der Waals surface area contributed by atoms with Crippen molar-refractivity contribution in [1.82, 2.24) is 19.6 Å². The summed E-state index contributed by atoms with van der Waals surface area (Å²) in [6.45, 7) is 3.61. The van der Waals surface area contributed by atoms with Gasteiger partial charge in [-0.2, -0.15) is 5.10 Å². The lowest BCUT2D eigenvalue weighted by Crippen LogP contribution is -2.50. The fourth-order valence-electron chi connectivity index (χ4n) is 2.84. The van der Waals surface area contributed by atoms with Gasteiger partial charge in [-0.25, -0.2) is 13.9 Å². The highest BCUT2D eigenvalue weighted by atomic mass is 19.1. The Hall–Kier alpha value is -3.10. The standard InChI is InChI=1S/C18H21FN4O4/c1-3-27-18(25)22-10-8-21(9-11-22)17(24)16-15(26-2)12-23(20-16)14-6-4-13(19)5-7-14/h4-7,12H,3,8-11H2,1-2H3. The summed E-state index contributed by atoms with van der Waals surface area (Å²) in [5.41, 5.74) is 0.785. The number of halogens is 1. The van der Waals surface area contributed by atoms with Crippen LogP contribution < -0.4 is 4.74 Å². The van der Waals surface area contributed by atoms with E-state index in [1.165, 1.54) is 23.9 Å². The van der Waals surface area contributed by atoms with Gasteiger partial charge in [0.15, 0.2) is 11.4 Å². The number of hydrogen-bond donors (Lipinski definition) is 0. The van der Waals surface area contributed by atoms with Crippen LogP contribution in [0.25, 0.3) is 5.69 Å². The van der Waals surface area contributed by atoms with E-state index in [-0.39, 0.29) is 23.5 Å². The van der Waals surface area contributed by atoms with E-state index in [0.29, 0.717) is 44.2 Å². The SMILES string of the molecule is CCOC(=O)N1CCN(C(=O)c2nn(-c3ccc(F)cc3)cc2OC)CC1. The lowest BCUT2D eigenvalue weighted by atomic mass is 10.2. The Kier molecular flexibility index (Phi) is 5.58. The molecule has 0 radical (unpaired) electrons. The predicted octanol–water partition coefficient (Wildman–Crippen LogP) is 1.93. The van der Waals surface area contributed by atoms with E-state index in [9.17, 15) is 14.0 Å². The molecule has 2 aromatic rings. The van der Waals surface area contributed by atoms with E-state index in [0.717, 1.165) is 0 Å². The monoisotopic (exact) mass is 376 g/mol. The summed E-state index contributed by atoms with van der Waals surface area (Å²) >= 11 is 0. The maximum absolute atomic E-state index is 13.1. The van der Waals surface area contributed by atoms with Crippen molar-refractivity contribution in [2.45, 2.75) is 6.92 Å². The Labute approximate surface area is 156 Å². The number of piperazine rings is 1. The van der Waals surface area contributed by atoms with Gasteiger partial charge in [0.05, 0.1) is 25.6 Å². The number of hydrogen-bond acceptors (Lipinski definition) is 5. The normalized spacial score (nSPS) is 14.2. The summed E-state index contributed by atoms with van der Waals surface area (Å²) in [5.74, 6) is -0.304. The van der Waals surface area contributed by atoms with E-state index < -0.39 is 0 Å². The van der Waals surface area contributed by atoms with E-state index >= 15 is 0 Å². The Morgan fingerprint density at radius 2 is 1.74 bits per heavy atom. The minimum absolute atomic E-state index is 0.173. The number of rotatable bonds is 4. The smallest absolute Gasteiger partial charge is 0.409 e. The summed E-state index contributed by atoms with van der Waals surface area (Å²) in [6.07, 6.45) is 1.21. The van der Waals surface area contributed by atoms with Crippen LogP contribution in [0.15, 0.2) is 30.5 Å². The van der Waals surface area contributed by atoms with Gasteiger partial charge >= 0.3 is 6.09 Å². The van der Waals surface area contributed by atoms with Crippen molar-refractivity contribution in [1.29, 1.82) is 0 Å². The van der Waals surface area contributed by atoms with Crippen molar-refractivity contribution in [3.05, 3.63) is 42.0 Å². The van der Waals surface area contributed by atoms with Gasteiger partial charge in [0.2, 0.25) is 0 Å². The van der Waals surface area contributed by atoms with Crippen LogP contribution in [0.5, 0.6) is 5.75 Å². The largest absolute Gasteiger partial charge is 0.493 e. The van der Waals surface area contributed by atoms with Crippen molar-refractivity contribution in [2.75, 3.05) is 39.9 Å². The highest BCUT2D eigenvalue weighted by molar-refractivity contribution is 5.95. The van der Waals surface area contributed by atoms with Crippen LogP contribution in [0.2, 0.25) is 0 Å². The number of amides is 2. The molecule has 0 spiro atoms. The molecule has 2 amide bonds.